The quantitative estimate of drug-likeness (QED) is 0.792. The molecule has 0 saturated heterocycles. The third-order valence-corrected chi connectivity index (χ3v) is 2.78. The molecular formula is C12H16N2O2. The molecule has 1 aromatic heterocycles. The number of unbranched alkanes of at least 4 members (excludes halogenated alkanes) is 1. The standard InChI is InChI=1S/C12H16N2O2/c1-14-10-8-9(4-2-3-7-13)5-6-11(10)16-12(14)15/h5-6,8H,2-4,7,13H2,1H3. The molecule has 2 rings (SSSR count). The van der Waals surface area contributed by atoms with E-state index in [0.29, 0.717) is 5.58 Å². The molecule has 0 unspecified atom stereocenters. The molecule has 0 radical (unpaired) electrons. The number of aryl methyl sites for hydroxylation is 2. The van der Waals surface area contributed by atoms with Gasteiger partial charge < -0.3 is 10.2 Å². The Hall–Kier alpha value is -1.55. The van der Waals surface area contributed by atoms with Crippen molar-refractivity contribution in [1.29, 1.82) is 0 Å². The number of nitrogens with two attached hydrogens (primary N) is 1. The third kappa shape index (κ3) is 2.02. The molecule has 1 aromatic carbocycles. The van der Waals surface area contributed by atoms with Gasteiger partial charge >= 0.3 is 5.76 Å². The second-order valence-electron chi connectivity index (χ2n) is 3.97. The van der Waals surface area contributed by atoms with Crippen molar-refractivity contribution in [2.24, 2.45) is 12.8 Å². The van der Waals surface area contributed by atoms with Gasteiger partial charge in [0.15, 0.2) is 5.58 Å². The first kappa shape index (κ1) is 11.0. The minimum absolute atomic E-state index is 0.311. The van der Waals surface area contributed by atoms with E-state index in [9.17, 15) is 4.79 Å². The summed E-state index contributed by atoms with van der Waals surface area (Å²) in [6.07, 6.45) is 3.10. The Labute approximate surface area is 93.7 Å². The highest BCUT2D eigenvalue weighted by molar-refractivity contribution is 5.73. The summed E-state index contributed by atoms with van der Waals surface area (Å²) in [6.45, 7) is 0.729. The van der Waals surface area contributed by atoms with Crippen LogP contribution in [-0.2, 0) is 13.5 Å². The number of fused-ring (bicyclic) bond motifs is 1. The average Bonchev–Trinajstić information content (AvgIpc) is 2.56. The summed E-state index contributed by atoms with van der Waals surface area (Å²) in [5.41, 5.74) is 8.17. The number of nitrogens with zero attached hydrogens (tertiary/aromatic N) is 1. The maximum Gasteiger partial charge on any atom is 0.419 e. The van der Waals surface area contributed by atoms with E-state index in [1.54, 1.807) is 7.05 Å². The van der Waals surface area contributed by atoms with E-state index in [2.05, 4.69) is 0 Å². The number of benzene rings is 1. The molecule has 4 nitrogen and oxygen atoms in total. The first-order valence-electron chi connectivity index (χ1n) is 5.51. The van der Waals surface area contributed by atoms with E-state index in [1.165, 1.54) is 10.1 Å². The summed E-state index contributed by atoms with van der Waals surface area (Å²) < 4.78 is 6.60. The Bertz CT molecular complexity index is 539. The molecule has 16 heavy (non-hydrogen) atoms. The van der Waals surface area contributed by atoms with E-state index >= 15 is 0 Å². The van der Waals surface area contributed by atoms with Crippen molar-refractivity contribution in [2.45, 2.75) is 19.3 Å². The monoisotopic (exact) mass is 220 g/mol. The van der Waals surface area contributed by atoms with E-state index < -0.39 is 0 Å². The van der Waals surface area contributed by atoms with E-state index in [-0.39, 0.29) is 5.76 Å². The Morgan fingerprint density at radius 1 is 1.38 bits per heavy atom. The van der Waals surface area contributed by atoms with Gasteiger partial charge in [-0.1, -0.05) is 6.07 Å². The topological polar surface area (TPSA) is 61.2 Å². The maximum atomic E-state index is 11.3. The molecule has 0 atom stereocenters. The number of hydrogen-bond donors (Lipinski definition) is 1. The zero-order chi connectivity index (χ0) is 11.5. The predicted octanol–water partition coefficient (Wildman–Crippen LogP) is 1.41. The van der Waals surface area contributed by atoms with Gasteiger partial charge in [-0.05, 0) is 43.5 Å². The van der Waals surface area contributed by atoms with Gasteiger partial charge in [0, 0.05) is 7.05 Å². The fourth-order valence-corrected chi connectivity index (χ4v) is 1.80. The first-order chi connectivity index (χ1) is 7.72. The van der Waals surface area contributed by atoms with Crippen LogP contribution >= 0.6 is 0 Å². The summed E-state index contributed by atoms with van der Waals surface area (Å²) >= 11 is 0. The Balaban J connectivity index is 2.28. The number of aromatic nitrogens is 1. The van der Waals surface area contributed by atoms with Gasteiger partial charge in [-0.15, -0.1) is 0 Å². The molecule has 1 heterocycles. The van der Waals surface area contributed by atoms with Crippen molar-refractivity contribution in [3.63, 3.8) is 0 Å². The lowest BCUT2D eigenvalue weighted by molar-refractivity contribution is 0.528. The van der Waals surface area contributed by atoms with E-state index in [0.717, 1.165) is 31.3 Å². The van der Waals surface area contributed by atoms with Crippen LogP contribution in [0.5, 0.6) is 0 Å². The Morgan fingerprint density at radius 2 is 2.19 bits per heavy atom. The molecule has 0 aliphatic heterocycles. The number of rotatable bonds is 4. The normalized spacial score (nSPS) is 11.1. The highest BCUT2D eigenvalue weighted by Gasteiger charge is 2.05. The maximum absolute atomic E-state index is 11.3. The fourth-order valence-electron chi connectivity index (χ4n) is 1.80. The first-order valence-corrected chi connectivity index (χ1v) is 5.51. The lowest BCUT2D eigenvalue weighted by Crippen LogP contribution is -2.08. The summed E-state index contributed by atoms with van der Waals surface area (Å²) in [5, 5.41) is 0. The fraction of sp³-hybridized carbons (Fsp3) is 0.417. The van der Waals surface area contributed by atoms with Crippen LogP contribution in [0.2, 0.25) is 0 Å². The van der Waals surface area contributed by atoms with Gasteiger partial charge in [0.2, 0.25) is 0 Å². The molecule has 0 aliphatic rings. The second kappa shape index (κ2) is 4.53. The molecule has 0 spiro atoms. The Morgan fingerprint density at radius 3 is 2.94 bits per heavy atom. The van der Waals surface area contributed by atoms with Crippen molar-refractivity contribution in [1.82, 2.24) is 4.57 Å². The molecule has 0 fully saturated rings. The molecule has 0 aliphatic carbocycles. The summed E-state index contributed by atoms with van der Waals surface area (Å²) in [7, 11) is 1.72. The zero-order valence-corrected chi connectivity index (χ0v) is 9.40. The van der Waals surface area contributed by atoms with Crippen LogP contribution in [0.4, 0.5) is 0 Å². The van der Waals surface area contributed by atoms with Crippen molar-refractivity contribution >= 4 is 11.1 Å². The molecular weight excluding hydrogens is 204 g/mol. The van der Waals surface area contributed by atoms with Crippen LogP contribution in [-0.4, -0.2) is 11.1 Å². The lowest BCUT2D eigenvalue weighted by atomic mass is 10.1. The van der Waals surface area contributed by atoms with Crippen LogP contribution in [0, 0.1) is 0 Å². The molecule has 0 amide bonds. The van der Waals surface area contributed by atoms with Crippen molar-refractivity contribution in [2.75, 3.05) is 6.54 Å². The molecule has 0 saturated carbocycles. The van der Waals surface area contributed by atoms with Crippen molar-refractivity contribution < 1.29 is 4.42 Å². The van der Waals surface area contributed by atoms with Crippen LogP contribution in [0.1, 0.15) is 18.4 Å². The van der Waals surface area contributed by atoms with Crippen LogP contribution < -0.4 is 11.5 Å². The van der Waals surface area contributed by atoms with Gasteiger partial charge in [0.1, 0.15) is 0 Å². The molecule has 2 aromatic rings. The van der Waals surface area contributed by atoms with Crippen LogP contribution in [0.25, 0.3) is 11.1 Å². The van der Waals surface area contributed by atoms with Crippen molar-refractivity contribution in [3.8, 4) is 0 Å². The second-order valence-corrected chi connectivity index (χ2v) is 3.97. The highest BCUT2D eigenvalue weighted by atomic mass is 16.4. The summed E-state index contributed by atoms with van der Waals surface area (Å²) in [5.74, 6) is -0.311. The minimum Gasteiger partial charge on any atom is -0.408 e. The van der Waals surface area contributed by atoms with E-state index in [4.69, 9.17) is 10.2 Å². The smallest absolute Gasteiger partial charge is 0.408 e. The number of oxazole rings is 1. The zero-order valence-electron chi connectivity index (χ0n) is 9.40. The van der Waals surface area contributed by atoms with Gasteiger partial charge in [-0.3, -0.25) is 4.57 Å². The molecule has 2 N–H and O–H groups in total. The van der Waals surface area contributed by atoms with Crippen LogP contribution in [0.3, 0.4) is 0 Å². The number of hydrogen-bond acceptors (Lipinski definition) is 3. The lowest BCUT2D eigenvalue weighted by Gasteiger charge is -2.00. The van der Waals surface area contributed by atoms with Gasteiger partial charge in [0.05, 0.1) is 5.52 Å². The summed E-state index contributed by atoms with van der Waals surface area (Å²) in [4.78, 5) is 11.3. The van der Waals surface area contributed by atoms with Gasteiger partial charge in [-0.25, -0.2) is 4.79 Å². The molecule has 0 bridgehead atoms. The molecule has 86 valence electrons. The van der Waals surface area contributed by atoms with Crippen LogP contribution in [0.15, 0.2) is 27.4 Å². The third-order valence-electron chi connectivity index (χ3n) is 2.78. The Kier molecular flexibility index (Phi) is 3.10. The minimum atomic E-state index is -0.311. The molecule has 4 heteroatoms. The van der Waals surface area contributed by atoms with Gasteiger partial charge in [-0.2, -0.15) is 0 Å². The van der Waals surface area contributed by atoms with Crippen molar-refractivity contribution in [3.05, 3.63) is 34.3 Å². The largest absolute Gasteiger partial charge is 0.419 e. The van der Waals surface area contributed by atoms with E-state index in [1.807, 2.05) is 18.2 Å². The van der Waals surface area contributed by atoms with Gasteiger partial charge in [0.25, 0.3) is 0 Å². The SMILES string of the molecule is Cn1c(=O)oc2ccc(CCCCN)cc21. The summed E-state index contributed by atoms with van der Waals surface area (Å²) in [6, 6.07) is 5.87. The predicted molar refractivity (Wildman–Crippen MR) is 63.4 cm³/mol. The highest BCUT2D eigenvalue weighted by Crippen LogP contribution is 2.15. The average molecular weight is 220 g/mol.